The Morgan fingerprint density at radius 3 is 2.23 bits per heavy atom. The molecule has 0 fully saturated rings. The van der Waals surface area contributed by atoms with Crippen molar-refractivity contribution in [2.24, 2.45) is 5.41 Å². The molecule has 0 bridgehead atoms. The quantitative estimate of drug-likeness (QED) is 0.587. The molecule has 1 amide bonds. The van der Waals surface area contributed by atoms with Crippen LogP contribution in [0.25, 0.3) is 0 Å². The summed E-state index contributed by atoms with van der Waals surface area (Å²) in [4.78, 5) is 12.6. The zero-order chi connectivity index (χ0) is 22.4. The summed E-state index contributed by atoms with van der Waals surface area (Å²) in [6, 6.07) is 11.0. The van der Waals surface area contributed by atoms with Gasteiger partial charge in [-0.15, -0.1) is 0 Å². The molecule has 0 radical (unpaired) electrons. The van der Waals surface area contributed by atoms with Crippen LogP contribution in [-0.4, -0.2) is 11.5 Å². The smallest absolute Gasteiger partial charge is 0.224 e. The minimum Gasteiger partial charge on any atom is -0.486 e. The highest BCUT2D eigenvalue weighted by molar-refractivity contribution is 5.92. The second-order valence-corrected chi connectivity index (χ2v) is 10.8. The molecule has 1 heterocycles. The van der Waals surface area contributed by atoms with Crippen LogP contribution in [-0.2, 0) is 4.79 Å². The maximum absolute atomic E-state index is 12.6. The third-order valence-corrected chi connectivity index (χ3v) is 6.14. The van der Waals surface area contributed by atoms with Crippen LogP contribution in [0.15, 0.2) is 30.3 Å². The Morgan fingerprint density at radius 2 is 1.70 bits per heavy atom. The largest absolute Gasteiger partial charge is 0.486 e. The zero-order valence-electron chi connectivity index (χ0n) is 20.1. The van der Waals surface area contributed by atoms with E-state index < -0.39 is 0 Å². The van der Waals surface area contributed by atoms with Gasteiger partial charge in [0.05, 0.1) is 5.92 Å². The summed E-state index contributed by atoms with van der Waals surface area (Å²) in [5.74, 6) is 1.64. The van der Waals surface area contributed by atoms with E-state index in [1.807, 2.05) is 0 Å². The number of anilines is 1. The highest BCUT2D eigenvalue weighted by atomic mass is 16.5. The lowest BCUT2D eigenvalue weighted by Crippen LogP contribution is -2.31. The lowest BCUT2D eigenvalue weighted by molar-refractivity contribution is -0.117. The third-order valence-electron chi connectivity index (χ3n) is 6.14. The molecule has 0 aromatic heterocycles. The Kier molecular flexibility index (Phi) is 5.79. The van der Waals surface area contributed by atoms with E-state index in [1.165, 1.54) is 11.1 Å². The first-order chi connectivity index (χ1) is 13.8. The number of ether oxygens (including phenoxy) is 1. The van der Waals surface area contributed by atoms with Crippen LogP contribution in [0.1, 0.15) is 94.5 Å². The number of carbonyl (C=O) groups is 1. The lowest BCUT2D eigenvalue weighted by Gasteiger charge is -2.27. The van der Waals surface area contributed by atoms with E-state index in [2.05, 4.69) is 98.0 Å². The first kappa shape index (κ1) is 22.4. The van der Waals surface area contributed by atoms with E-state index in [-0.39, 0.29) is 22.8 Å². The van der Waals surface area contributed by atoms with Crippen LogP contribution in [0, 0.1) is 19.3 Å². The fraction of sp³-hybridized carbons (Fsp3) is 0.519. The predicted octanol–water partition coefficient (Wildman–Crippen LogP) is 7.10. The van der Waals surface area contributed by atoms with Gasteiger partial charge in [0, 0.05) is 17.7 Å². The molecule has 162 valence electrons. The number of nitrogens with one attached hydrogen (secondary N) is 1. The van der Waals surface area contributed by atoms with Crippen molar-refractivity contribution in [3.63, 3.8) is 0 Å². The molecule has 30 heavy (non-hydrogen) atoms. The summed E-state index contributed by atoms with van der Waals surface area (Å²) in [5, 5.41) is 3.17. The summed E-state index contributed by atoms with van der Waals surface area (Å²) < 4.78 is 6.48. The predicted molar refractivity (Wildman–Crippen MR) is 126 cm³/mol. The van der Waals surface area contributed by atoms with Crippen molar-refractivity contribution in [1.82, 2.24) is 0 Å². The van der Waals surface area contributed by atoms with Gasteiger partial charge in [0.2, 0.25) is 5.91 Å². The molecule has 0 saturated carbocycles. The van der Waals surface area contributed by atoms with Gasteiger partial charge < -0.3 is 10.1 Å². The van der Waals surface area contributed by atoms with Crippen LogP contribution >= 0.6 is 0 Å². The van der Waals surface area contributed by atoms with E-state index in [0.717, 1.165) is 28.1 Å². The highest BCUT2D eigenvalue weighted by Crippen LogP contribution is 2.51. The summed E-state index contributed by atoms with van der Waals surface area (Å²) in [7, 11) is 0. The Labute approximate surface area is 182 Å². The molecule has 1 aliphatic heterocycles. The first-order valence-corrected chi connectivity index (χ1v) is 11.0. The summed E-state index contributed by atoms with van der Waals surface area (Å²) in [6.07, 6.45) is 0.491. The van der Waals surface area contributed by atoms with Crippen LogP contribution in [0.2, 0.25) is 0 Å². The Hall–Kier alpha value is -2.29. The number of rotatable bonds is 4. The van der Waals surface area contributed by atoms with Crippen LogP contribution in [0.5, 0.6) is 5.75 Å². The molecule has 0 aliphatic carbocycles. The normalized spacial score (nSPS) is 17.6. The number of carbonyl (C=O) groups excluding carboxylic acids is 1. The first-order valence-electron chi connectivity index (χ1n) is 11.0. The fourth-order valence-electron chi connectivity index (χ4n) is 4.42. The van der Waals surface area contributed by atoms with Gasteiger partial charge in [0.25, 0.3) is 0 Å². The van der Waals surface area contributed by atoms with Crippen LogP contribution in [0.3, 0.4) is 0 Å². The Balaban J connectivity index is 2.03. The molecule has 3 heteroatoms. The van der Waals surface area contributed by atoms with E-state index in [0.29, 0.717) is 12.3 Å². The monoisotopic (exact) mass is 407 g/mol. The molecule has 0 saturated heterocycles. The molecule has 2 aromatic carbocycles. The molecular formula is C27H37NO2. The number of hydrogen-bond acceptors (Lipinski definition) is 2. The van der Waals surface area contributed by atoms with Crippen molar-refractivity contribution in [1.29, 1.82) is 0 Å². The molecule has 3 rings (SSSR count). The fourth-order valence-corrected chi connectivity index (χ4v) is 4.42. The minimum absolute atomic E-state index is 0.0461. The number of amides is 1. The van der Waals surface area contributed by atoms with Crippen molar-refractivity contribution < 1.29 is 9.53 Å². The van der Waals surface area contributed by atoms with Gasteiger partial charge >= 0.3 is 0 Å². The van der Waals surface area contributed by atoms with Gasteiger partial charge in [-0.05, 0) is 67.3 Å². The number of benzene rings is 2. The third kappa shape index (κ3) is 4.40. The molecule has 1 N–H and O–H groups in total. The maximum Gasteiger partial charge on any atom is 0.224 e. The minimum atomic E-state index is -0.354. The SMILES string of the molecule is Cc1c(NC(=O)CC(C)(C)C)cc2c(c1C)OC(C)(C)C2c1ccc(C(C)C)cc1. The van der Waals surface area contributed by atoms with Gasteiger partial charge in [-0.3, -0.25) is 4.79 Å². The van der Waals surface area contributed by atoms with E-state index >= 15 is 0 Å². The summed E-state index contributed by atoms with van der Waals surface area (Å²) in [5.41, 5.74) is 6.42. The van der Waals surface area contributed by atoms with E-state index in [9.17, 15) is 4.79 Å². The molecule has 1 atom stereocenters. The molecule has 1 unspecified atom stereocenters. The van der Waals surface area contributed by atoms with E-state index in [1.54, 1.807) is 0 Å². The van der Waals surface area contributed by atoms with Crippen molar-refractivity contribution in [3.8, 4) is 5.75 Å². The topological polar surface area (TPSA) is 38.3 Å². The maximum atomic E-state index is 12.6. The Bertz CT molecular complexity index is 946. The molecule has 1 aliphatic rings. The van der Waals surface area contributed by atoms with Gasteiger partial charge in [0.1, 0.15) is 11.4 Å². The van der Waals surface area contributed by atoms with Crippen molar-refractivity contribution in [2.45, 2.75) is 86.2 Å². The second kappa shape index (κ2) is 7.76. The van der Waals surface area contributed by atoms with Crippen molar-refractivity contribution >= 4 is 11.6 Å². The van der Waals surface area contributed by atoms with Gasteiger partial charge in [-0.1, -0.05) is 58.9 Å². The van der Waals surface area contributed by atoms with Gasteiger partial charge in [-0.25, -0.2) is 0 Å². The molecule has 2 aromatic rings. The number of fused-ring (bicyclic) bond motifs is 1. The molecule has 3 nitrogen and oxygen atoms in total. The summed E-state index contributed by atoms with van der Waals surface area (Å²) in [6.45, 7) is 19.1. The van der Waals surface area contributed by atoms with Gasteiger partial charge in [-0.2, -0.15) is 0 Å². The van der Waals surface area contributed by atoms with Crippen LogP contribution < -0.4 is 10.1 Å². The number of hydrogen-bond donors (Lipinski definition) is 1. The zero-order valence-corrected chi connectivity index (χ0v) is 20.1. The van der Waals surface area contributed by atoms with Crippen molar-refractivity contribution in [2.75, 3.05) is 5.32 Å². The highest BCUT2D eigenvalue weighted by Gasteiger charge is 2.43. The molecular weight excluding hydrogens is 370 g/mol. The van der Waals surface area contributed by atoms with E-state index in [4.69, 9.17) is 4.74 Å². The van der Waals surface area contributed by atoms with Gasteiger partial charge in [0.15, 0.2) is 0 Å². The molecule has 0 spiro atoms. The second-order valence-electron chi connectivity index (χ2n) is 10.8. The lowest BCUT2D eigenvalue weighted by atomic mass is 9.80. The average molecular weight is 408 g/mol. The average Bonchev–Trinajstić information content (AvgIpc) is 2.88. The Morgan fingerprint density at radius 1 is 1.10 bits per heavy atom. The summed E-state index contributed by atoms with van der Waals surface area (Å²) >= 11 is 0. The van der Waals surface area contributed by atoms with Crippen LogP contribution in [0.4, 0.5) is 5.69 Å². The standard InChI is InChI=1S/C27H37NO2/c1-16(2)19-10-12-20(13-11-19)24-21-14-22(28-23(29)15-26(5,6)7)17(3)18(4)25(21)30-27(24,8)9/h10-14,16,24H,15H2,1-9H3,(H,28,29). The van der Waals surface area contributed by atoms with Crippen molar-refractivity contribution in [3.05, 3.63) is 58.1 Å².